The lowest BCUT2D eigenvalue weighted by atomic mass is 10.3. The van der Waals surface area contributed by atoms with Crippen molar-refractivity contribution in [2.75, 3.05) is 0 Å². The molecule has 0 unspecified atom stereocenters. The molecule has 0 radical (unpaired) electrons. The number of fused-ring (bicyclic) bond motifs is 1. The van der Waals surface area contributed by atoms with Gasteiger partial charge in [0.05, 0.1) is 17.1 Å². The topological polar surface area (TPSA) is 17.8 Å². The fraction of sp³-hybridized carbons (Fsp3) is 0.182. The molecule has 2 aromatic rings. The van der Waals surface area contributed by atoms with Gasteiger partial charge in [0, 0.05) is 18.0 Å². The molecule has 1 aromatic heterocycles. The highest BCUT2D eigenvalue weighted by molar-refractivity contribution is 6.35. The highest BCUT2D eigenvalue weighted by Crippen LogP contribution is 2.21. The van der Waals surface area contributed by atoms with Crippen molar-refractivity contribution in [2.45, 2.75) is 13.0 Å². The molecule has 3 heteroatoms. The van der Waals surface area contributed by atoms with Crippen LogP contribution in [0.5, 0.6) is 0 Å². The van der Waals surface area contributed by atoms with Crippen molar-refractivity contribution in [1.29, 1.82) is 0 Å². The van der Waals surface area contributed by atoms with E-state index in [1.165, 1.54) is 0 Å². The molecule has 0 saturated heterocycles. The lowest BCUT2D eigenvalue weighted by molar-refractivity contribution is 0.637. The molecule has 1 heterocycles. The van der Waals surface area contributed by atoms with Crippen molar-refractivity contribution >= 4 is 22.5 Å². The zero-order chi connectivity index (χ0) is 9.97. The Hall–Kier alpha value is -1.46. The smallest absolute Gasteiger partial charge is 0.0938 e. The van der Waals surface area contributed by atoms with E-state index < -0.39 is 0 Å². The average molecular weight is 205 g/mol. The Morgan fingerprint density at radius 3 is 3.07 bits per heavy atom. The molecule has 0 fully saturated rings. The van der Waals surface area contributed by atoms with Crippen molar-refractivity contribution in [3.8, 4) is 12.3 Å². The third kappa shape index (κ3) is 1.59. The van der Waals surface area contributed by atoms with Gasteiger partial charge in [-0.2, -0.15) is 5.10 Å². The van der Waals surface area contributed by atoms with Crippen LogP contribution in [0.25, 0.3) is 10.9 Å². The highest BCUT2D eigenvalue weighted by Gasteiger charge is 2.02. The highest BCUT2D eigenvalue weighted by atomic mass is 35.5. The van der Waals surface area contributed by atoms with Gasteiger partial charge in [0.25, 0.3) is 0 Å². The Morgan fingerprint density at radius 2 is 2.36 bits per heavy atom. The summed E-state index contributed by atoms with van der Waals surface area (Å²) in [6.07, 6.45) is 7.80. The minimum absolute atomic E-state index is 0.686. The minimum atomic E-state index is 0.686. The average Bonchev–Trinajstić information content (AvgIpc) is 2.59. The summed E-state index contributed by atoms with van der Waals surface area (Å²) in [4.78, 5) is 0. The van der Waals surface area contributed by atoms with Gasteiger partial charge in [-0.3, -0.25) is 4.68 Å². The van der Waals surface area contributed by atoms with E-state index in [1.807, 2.05) is 29.1 Å². The van der Waals surface area contributed by atoms with E-state index in [0.717, 1.165) is 22.5 Å². The number of hydrogen-bond acceptors (Lipinski definition) is 1. The molecule has 0 amide bonds. The summed E-state index contributed by atoms with van der Waals surface area (Å²) in [6, 6.07) is 5.69. The van der Waals surface area contributed by atoms with Gasteiger partial charge in [0.1, 0.15) is 0 Å². The van der Waals surface area contributed by atoms with Crippen molar-refractivity contribution in [3.05, 3.63) is 29.4 Å². The van der Waals surface area contributed by atoms with Crippen LogP contribution in [-0.2, 0) is 6.54 Å². The van der Waals surface area contributed by atoms with E-state index in [0.29, 0.717) is 6.42 Å². The predicted octanol–water partition coefficient (Wildman–Crippen LogP) is 2.71. The fourth-order valence-electron chi connectivity index (χ4n) is 1.35. The second kappa shape index (κ2) is 3.73. The Balaban J connectivity index is 2.42. The van der Waals surface area contributed by atoms with Gasteiger partial charge in [-0.15, -0.1) is 12.3 Å². The van der Waals surface area contributed by atoms with Crippen LogP contribution in [0, 0.1) is 12.3 Å². The Labute approximate surface area is 87.5 Å². The lowest BCUT2D eigenvalue weighted by Gasteiger charge is -1.93. The van der Waals surface area contributed by atoms with E-state index in [1.54, 1.807) is 0 Å². The summed E-state index contributed by atoms with van der Waals surface area (Å²) in [5.41, 5.74) is 0.912. The van der Waals surface area contributed by atoms with Crippen LogP contribution in [0.15, 0.2) is 24.4 Å². The second-order valence-corrected chi connectivity index (χ2v) is 3.43. The van der Waals surface area contributed by atoms with Gasteiger partial charge in [0.2, 0.25) is 0 Å². The summed E-state index contributed by atoms with van der Waals surface area (Å²) in [5.74, 6) is 2.58. The molecule has 0 aliphatic heterocycles. The molecule has 0 spiro atoms. The molecule has 0 atom stereocenters. The van der Waals surface area contributed by atoms with Crippen LogP contribution in [0.3, 0.4) is 0 Å². The summed E-state index contributed by atoms with van der Waals surface area (Å²) in [7, 11) is 0. The van der Waals surface area contributed by atoms with Crippen molar-refractivity contribution in [2.24, 2.45) is 0 Å². The SMILES string of the molecule is C#CCCn1cc2c(Cl)cccc2n1. The third-order valence-electron chi connectivity index (χ3n) is 2.03. The monoisotopic (exact) mass is 204 g/mol. The molecular formula is C11H9ClN2. The van der Waals surface area contributed by atoms with Crippen molar-refractivity contribution in [3.63, 3.8) is 0 Å². The van der Waals surface area contributed by atoms with Gasteiger partial charge >= 0.3 is 0 Å². The third-order valence-corrected chi connectivity index (χ3v) is 2.36. The molecule has 0 N–H and O–H groups in total. The molecular weight excluding hydrogens is 196 g/mol. The zero-order valence-corrected chi connectivity index (χ0v) is 8.33. The maximum absolute atomic E-state index is 6.01. The summed E-state index contributed by atoms with van der Waals surface area (Å²) < 4.78 is 1.83. The van der Waals surface area contributed by atoms with Crippen LogP contribution in [0.4, 0.5) is 0 Å². The molecule has 0 aliphatic rings. The van der Waals surface area contributed by atoms with Crippen LogP contribution in [-0.4, -0.2) is 9.78 Å². The Morgan fingerprint density at radius 1 is 1.50 bits per heavy atom. The second-order valence-electron chi connectivity index (χ2n) is 3.02. The van der Waals surface area contributed by atoms with Gasteiger partial charge in [0.15, 0.2) is 0 Å². The van der Waals surface area contributed by atoms with Crippen LogP contribution < -0.4 is 0 Å². The molecule has 14 heavy (non-hydrogen) atoms. The first kappa shape index (κ1) is 9.11. The van der Waals surface area contributed by atoms with E-state index in [4.69, 9.17) is 18.0 Å². The molecule has 0 aliphatic carbocycles. The number of terminal acetylenes is 1. The first-order valence-corrected chi connectivity index (χ1v) is 4.74. The lowest BCUT2D eigenvalue weighted by Crippen LogP contribution is -1.96. The molecule has 0 bridgehead atoms. The first-order valence-electron chi connectivity index (χ1n) is 4.36. The molecule has 70 valence electrons. The van der Waals surface area contributed by atoms with Crippen molar-refractivity contribution < 1.29 is 0 Å². The summed E-state index contributed by atoms with van der Waals surface area (Å²) in [6.45, 7) is 0.738. The number of rotatable bonds is 2. The van der Waals surface area contributed by atoms with Gasteiger partial charge in [-0.1, -0.05) is 17.7 Å². The van der Waals surface area contributed by atoms with Gasteiger partial charge < -0.3 is 0 Å². The molecule has 2 nitrogen and oxygen atoms in total. The number of nitrogens with zero attached hydrogens (tertiary/aromatic N) is 2. The number of aryl methyl sites for hydroxylation is 1. The van der Waals surface area contributed by atoms with E-state index >= 15 is 0 Å². The van der Waals surface area contributed by atoms with E-state index in [9.17, 15) is 0 Å². The van der Waals surface area contributed by atoms with Crippen molar-refractivity contribution in [1.82, 2.24) is 9.78 Å². The Bertz CT molecular complexity index is 493. The minimum Gasteiger partial charge on any atom is -0.271 e. The van der Waals surface area contributed by atoms with Crippen LogP contribution in [0.2, 0.25) is 5.02 Å². The maximum Gasteiger partial charge on any atom is 0.0938 e. The number of aromatic nitrogens is 2. The van der Waals surface area contributed by atoms with Gasteiger partial charge in [-0.25, -0.2) is 0 Å². The van der Waals surface area contributed by atoms with Gasteiger partial charge in [-0.05, 0) is 12.1 Å². The fourth-order valence-corrected chi connectivity index (χ4v) is 1.57. The standard InChI is InChI=1S/C11H9ClN2/c1-2-3-7-14-8-9-10(12)5-4-6-11(9)13-14/h1,4-6,8H,3,7H2. The number of halogens is 1. The Kier molecular flexibility index (Phi) is 2.43. The predicted molar refractivity (Wildman–Crippen MR) is 58.2 cm³/mol. The number of benzene rings is 1. The van der Waals surface area contributed by atoms with E-state index in [2.05, 4.69) is 11.0 Å². The zero-order valence-electron chi connectivity index (χ0n) is 7.57. The molecule has 0 saturated carbocycles. The van der Waals surface area contributed by atoms with Crippen LogP contribution in [0.1, 0.15) is 6.42 Å². The molecule has 2 rings (SSSR count). The largest absolute Gasteiger partial charge is 0.271 e. The first-order chi connectivity index (χ1) is 6.81. The summed E-state index contributed by atoms with van der Waals surface area (Å²) in [5, 5.41) is 6.06. The quantitative estimate of drug-likeness (QED) is 0.688. The molecule has 1 aromatic carbocycles. The van der Waals surface area contributed by atoms with Crippen LogP contribution >= 0.6 is 11.6 Å². The number of hydrogen-bond donors (Lipinski definition) is 0. The maximum atomic E-state index is 6.01. The van der Waals surface area contributed by atoms with E-state index in [-0.39, 0.29) is 0 Å². The summed E-state index contributed by atoms with van der Waals surface area (Å²) >= 11 is 6.01. The normalized spacial score (nSPS) is 10.3.